The van der Waals surface area contributed by atoms with Crippen molar-refractivity contribution in [3.63, 3.8) is 0 Å². The molecule has 0 aliphatic rings. The third-order valence-electron chi connectivity index (χ3n) is 3.47. The molecular weight excluding hydrogens is 352 g/mol. The van der Waals surface area contributed by atoms with Gasteiger partial charge in [-0.1, -0.05) is 17.7 Å². The molecule has 2 rings (SSSR count). The number of nitrogens with one attached hydrogen (secondary N) is 1. The Morgan fingerprint density at radius 2 is 2.08 bits per heavy atom. The molecule has 0 radical (unpaired) electrons. The van der Waals surface area contributed by atoms with Gasteiger partial charge < -0.3 is 10.1 Å². The van der Waals surface area contributed by atoms with Crippen LogP contribution in [-0.4, -0.2) is 33.2 Å². The Morgan fingerprint density at radius 3 is 2.64 bits per heavy atom. The molecule has 0 fully saturated rings. The lowest BCUT2D eigenvalue weighted by atomic mass is 10.1. The fourth-order valence-electron chi connectivity index (χ4n) is 2.21. The molecular formula is C15H15ClN4O5. The van der Waals surface area contributed by atoms with Crippen LogP contribution in [-0.2, 0) is 16.6 Å². The van der Waals surface area contributed by atoms with Gasteiger partial charge in [0, 0.05) is 13.1 Å². The largest absolute Gasteiger partial charge is 0.452 e. The second kappa shape index (κ2) is 7.31. The number of nitro groups is 1. The molecule has 0 spiro atoms. The van der Waals surface area contributed by atoms with Gasteiger partial charge >= 0.3 is 5.97 Å². The molecule has 1 aromatic carbocycles. The minimum absolute atomic E-state index is 0.0866. The van der Waals surface area contributed by atoms with Crippen molar-refractivity contribution in [2.75, 3.05) is 11.9 Å². The Bertz CT molecular complexity index is 862. The van der Waals surface area contributed by atoms with Gasteiger partial charge in [0.1, 0.15) is 10.7 Å². The predicted molar refractivity (Wildman–Crippen MR) is 89.7 cm³/mol. The van der Waals surface area contributed by atoms with Crippen molar-refractivity contribution in [1.29, 1.82) is 0 Å². The maximum atomic E-state index is 12.0. The first-order valence-electron chi connectivity index (χ1n) is 7.12. The molecule has 10 heteroatoms. The topological polar surface area (TPSA) is 116 Å². The molecule has 0 unspecified atom stereocenters. The molecule has 0 atom stereocenters. The molecule has 0 aliphatic heterocycles. The number of halogens is 1. The van der Waals surface area contributed by atoms with Crippen LogP contribution >= 0.6 is 11.6 Å². The molecule has 9 nitrogen and oxygen atoms in total. The number of carbonyl (C=O) groups is 2. The Kier molecular flexibility index (Phi) is 5.38. The molecule has 1 aromatic heterocycles. The fourth-order valence-corrected chi connectivity index (χ4v) is 2.46. The van der Waals surface area contributed by atoms with E-state index in [9.17, 15) is 19.7 Å². The van der Waals surface area contributed by atoms with Crippen LogP contribution in [0.3, 0.4) is 0 Å². The molecule has 2 aromatic rings. The highest BCUT2D eigenvalue weighted by molar-refractivity contribution is 6.32. The van der Waals surface area contributed by atoms with E-state index < -0.39 is 23.4 Å². The summed E-state index contributed by atoms with van der Waals surface area (Å²) in [5.41, 5.74) is 0.924. The van der Waals surface area contributed by atoms with Crippen LogP contribution in [0, 0.1) is 24.0 Å². The SMILES string of the molecule is Cc1nn(C)c(Cl)c1C(=O)OCC(=O)Nc1cccc([N+](=O)[O-])c1C. The fraction of sp³-hybridized carbons (Fsp3) is 0.267. The number of nitro benzene ring substituents is 1. The van der Waals surface area contributed by atoms with Crippen LogP contribution in [0.15, 0.2) is 18.2 Å². The number of ether oxygens (including phenoxy) is 1. The number of rotatable bonds is 5. The minimum Gasteiger partial charge on any atom is -0.452 e. The molecule has 0 saturated heterocycles. The quantitative estimate of drug-likeness (QED) is 0.493. The Balaban J connectivity index is 2.03. The number of aromatic nitrogens is 2. The molecule has 132 valence electrons. The minimum atomic E-state index is -0.776. The standard InChI is InChI=1S/C15H15ClN4O5/c1-8-10(5-4-6-11(8)20(23)24)17-12(21)7-25-15(22)13-9(2)18-19(3)14(13)16/h4-6H,7H2,1-3H3,(H,17,21). The van der Waals surface area contributed by atoms with Gasteiger partial charge in [-0.15, -0.1) is 0 Å². The van der Waals surface area contributed by atoms with Gasteiger partial charge in [0.2, 0.25) is 0 Å². The van der Waals surface area contributed by atoms with E-state index in [2.05, 4.69) is 10.4 Å². The third-order valence-corrected chi connectivity index (χ3v) is 3.90. The van der Waals surface area contributed by atoms with E-state index in [-0.39, 0.29) is 22.1 Å². The number of hydrogen-bond acceptors (Lipinski definition) is 6. The lowest BCUT2D eigenvalue weighted by Crippen LogP contribution is -2.21. The summed E-state index contributed by atoms with van der Waals surface area (Å²) in [6.45, 7) is 2.54. The van der Waals surface area contributed by atoms with Crippen molar-refractivity contribution in [3.05, 3.63) is 50.3 Å². The van der Waals surface area contributed by atoms with E-state index in [1.807, 2.05) is 0 Å². The highest BCUT2D eigenvalue weighted by atomic mass is 35.5. The number of benzene rings is 1. The van der Waals surface area contributed by atoms with Crippen molar-refractivity contribution in [3.8, 4) is 0 Å². The van der Waals surface area contributed by atoms with Crippen molar-refractivity contribution in [1.82, 2.24) is 9.78 Å². The van der Waals surface area contributed by atoms with Crippen molar-refractivity contribution >= 4 is 34.9 Å². The third kappa shape index (κ3) is 3.94. The number of esters is 1. The highest BCUT2D eigenvalue weighted by Crippen LogP contribution is 2.25. The van der Waals surface area contributed by atoms with E-state index in [0.29, 0.717) is 11.3 Å². The van der Waals surface area contributed by atoms with Crippen molar-refractivity contribution < 1.29 is 19.2 Å². The van der Waals surface area contributed by atoms with E-state index in [0.717, 1.165) is 0 Å². The number of nitrogens with zero attached hydrogens (tertiary/aromatic N) is 3. The second-order valence-corrected chi connectivity index (χ2v) is 5.56. The number of carbonyl (C=O) groups excluding carboxylic acids is 2. The van der Waals surface area contributed by atoms with E-state index in [4.69, 9.17) is 16.3 Å². The van der Waals surface area contributed by atoms with Crippen molar-refractivity contribution in [2.24, 2.45) is 7.05 Å². The number of aryl methyl sites for hydroxylation is 2. The van der Waals surface area contributed by atoms with Crippen LogP contribution in [0.25, 0.3) is 0 Å². The Labute approximate surface area is 147 Å². The number of hydrogen-bond donors (Lipinski definition) is 1. The van der Waals surface area contributed by atoms with Crippen LogP contribution < -0.4 is 5.32 Å². The van der Waals surface area contributed by atoms with Crippen LogP contribution in [0.5, 0.6) is 0 Å². The number of amides is 1. The zero-order chi connectivity index (χ0) is 18.7. The summed E-state index contributed by atoms with van der Waals surface area (Å²) in [6.07, 6.45) is 0. The summed E-state index contributed by atoms with van der Waals surface area (Å²) >= 11 is 5.96. The maximum Gasteiger partial charge on any atom is 0.343 e. The van der Waals surface area contributed by atoms with Crippen LogP contribution in [0.2, 0.25) is 5.15 Å². The molecule has 0 saturated carbocycles. The molecule has 25 heavy (non-hydrogen) atoms. The van der Waals surface area contributed by atoms with Crippen molar-refractivity contribution in [2.45, 2.75) is 13.8 Å². The lowest BCUT2D eigenvalue weighted by Gasteiger charge is -2.09. The monoisotopic (exact) mass is 366 g/mol. The summed E-state index contributed by atoms with van der Waals surface area (Å²) in [4.78, 5) is 34.3. The zero-order valence-corrected chi connectivity index (χ0v) is 14.5. The van der Waals surface area contributed by atoms with E-state index in [1.54, 1.807) is 14.0 Å². The molecule has 1 heterocycles. The summed E-state index contributed by atoms with van der Waals surface area (Å²) in [7, 11) is 1.57. The maximum absolute atomic E-state index is 12.0. The van der Waals surface area contributed by atoms with Gasteiger partial charge in [-0.05, 0) is 19.9 Å². The Morgan fingerprint density at radius 1 is 1.40 bits per heavy atom. The second-order valence-electron chi connectivity index (χ2n) is 5.21. The average molecular weight is 367 g/mol. The summed E-state index contributed by atoms with van der Waals surface area (Å²) in [5, 5.41) is 17.5. The zero-order valence-electron chi connectivity index (χ0n) is 13.7. The average Bonchev–Trinajstić information content (AvgIpc) is 2.79. The first-order chi connectivity index (χ1) is 11.7. The van der Waals surface area contributed by atoms with E-state index in [1.165, 1.54) is 29.8 Å². The van der Waals surface area contributed by atoms with Gasteiger partial charge in [0.05, 0.1) is 21.9 Å². The summed E-state index contributed by atoms with van der Waals surface area (Å²) in [5.74, 6) is -1.41. The molecule has 1 amide bonds. The van der Waals surface area contributed by atoms with Gasteiger partial charge in [0.25, 0.3) is 11.6 Å². The molecule has 1 N–H and O–H groups in total. The summed E-state index contributed by atoms with van der Waals surface area (Å²) in [6, 6.07) is 4.30. The molecule has 0 bridgehead atoms. The van der Waals surface area contributed by atoms with Gasteiger partial charge in [-0.2, -0.15) is 5.10 Å². The lowest BCUT2D eigenvalue weighted by molar-refractivity contribution is -0.385. The van der Waals surface area contributed by atoms with Gasteiger partial charge in [0.15, 0.2) is 6.61 Å². The first kappa shape index (κ1) is 18.4. The van der Waals surface area contributed by atoms with Crippen LogP contribution in [0.1, 0.15) is 21.6 Å². The number of anilines is 1. The smallest absolute Gasteiger partial charge is 0.343 e. The first-order valence-corrected chi connectivity index (χ1v) is 7.50. The predicted octanol–water partition coefficient (Wildman–Crippen LogP) is 2.39. The Hall–Kier alpha value is -2.94. The van der Waals surface area contributed by atoms with Crippen LogP contribution in [0.4, 0.5) is 11.4 Å². The van der Waals surface area contributed by atoms with Gasteiger partial charge in [-0.3, -0.25) is 19.6 Å². The highest BCUT2D eigenvalue weighted by Gasteiger charge is 2.21. The summed E-state index contributed by atoms with van der Waals surface area (Å²) < 4.78 is 6.25. The van der Waals surface area contributed by atoms with E-state index >= 15 is 0 Å². The normalized spacial score (nSPS) is 10.4. The molecule has 0 aliphatic carbocycles. The van der Waals surface area contributed by atoms with Gasteiger partial charge in [-0.25, -0.2) is 4.79 Å².